The Bertz CT molecular complexity index is 358. The van der Waals surface area contributed by atoms with Crippen molar-refractivity contribution in [3.63, 3.8) is 0 Å². The maximum Gasteiger partial charge on any atom is 0.228 e. The molecule has 0 N–H and O–H groups in total. The van der Waals surface area contributed by atoms with Crippen LogP contribution in [0.3, 0.4) is 0 Å². The number of likely N-dealkylation sites (tertiary alicyclic amines) is 1. The van der Waals surface area contributed by atoms with E-state index in [9.17, 15) is 4.79 Å². The molecule has 1 saturated heterocycles. The van der Waals surface area contributed by atoms with Gasteiger partial charge in [0.1, 0.15) is 0 Å². The molecule has 1 aromatic heterocycles. The van der Waals surface area contributed by atoms with Crippen molar-refractivity contribution in [3.8, 4) is 0 Å². The van der Waals surface area contributed by atoms with Gasteiger partial charge in [0.2, 0.25) is 5.91 Å². The van der Waals surface area contributed by atoms with Crippen LogP contribution in [0.25, 0.3) is 0 Å². The molecule has 5 heteroatoms. The van der Waals surface area contributed by atoms with Crippen LogP contribution >= 0.6 is 11.3 Å². The maximum absolute atomic E-state index is 11.7. The average Bonchev–Trinajstić information content (AvgIpc) is 2.49. The lowest BCUT2D eigenvalue weighted by Gasteiger charge is -2.38. The van der Waals surface area contributed by atoms with Crippen molar-refractivity contribution in [1.82, 2.24) is 9.88 Å². The summed E-state index contributed by atoms with van der Waals surface area (Å²) in [5.41, 5.74) is 0.878. The predicted molar refractivity (Wildman–Crippen MR) is 57.9 cm³/mol. The van der Waals surface area contributed by atoms with E-state index in [1.807, 2.05) is 17.2 Å². The summed E-state index contributed by atoms with van der Waals surface area (Å²) in [7, 11) is 1.68. The number of aryl methyl sites for hydroxylation is 1. The number of thiazole rings is 1. The molecule has 0 unspecified atom stereocenters. The lowest BCUT2D eigenvalue weighted by Crippen LogP contribution is -2.54. The molecule has 2 heterocycles. The fraction of sp³-hybridized carbons (Fsp3) is 0.600. The van der Waals surface area contributed by atoms with Gasteiger partial charge in [0.05, 0.1) is 23.2 Å². The number of carbonyl (C=O) groups is 1. The summed E-state index contributed by atoms with van der Waals surface area (Å²) in [6, 6.07) is 0. The highest BCUT2D eigenvalue weighted by atomic mass is 32.1. The Balaban J connectivity index is 1.83. The molecule has 1 aliphatic heterocycles. The van der Waals surface area contributed by atoms with Gasteiger partial charge < -0.3 is 9.64 Å². The molecule has 1 aromatic rings. The van der Waals surface area contributed by atoms with E-state index >= 15 is 0 Å². The number of aromatic nitrogens is 1. The molecule has 1 aliphatic rings. The standard InChI is InChI=1S/C10H14N2O2S/c1-7-11-8(6-15-7)3-10(13)12-4-9(5-12)14-2/h6,9H,3-5H2,1-2H3. The molecule has 1 amide bonds. The third kappa shape index (κ3) is 2.35. The molecule has 1 fully saturated rings. The van der Waals surface area contributed by atoms with Crippen LogP contribution in [0.4, 0.5) is 0 Å². The Morgan fingerprint density at radius 2 is 2.47 bits per heavy atom. The number of carbonyl (C=O) groups excluding carboxylic acids is 1. The first-order valence-electron chi connectivity index (χ1n) is 4.90. The number of hydrogen-bond donors (Lipinski definition) is 0. The zero-order chi connectivity index (χ0) is 10.8. The van der Waals surface area contributed by atoms with Gasteiger partial charge >= 0.3 is 0 Å². The van der Waals surface area contributed by atoms with Crippen molar-refractivity contribution in [2.45, 2.75) is 19.4 Å². The molecule has 0 saturated carbocycles. The Morgan fingerprint density at radius 3 is 3.00 bits per heavy atom. The first-order chi connectivity index (χ1) is 7.19. The summed E-state index contributed by atoms with van der Waals surface area (Å²) >= 11 is 1.58. The Hall–Kier alpha value is -0.940. The van der Waals surface area contributed by atoms with E-state index in [2.05, 4.69) is 4.98 Å². The van der Waals surface area contributed by atoms with E-state index in [0.717, 1.165) is 23.8 Å². The molecule has 15 heavy (non-hydrogen) atoms. The minimum Gasteiger partial charge on any atom is -0.378 e. The van der Waals surface area contributed by atoms with Gasteiger partial charge in [-0.3, -0.25) is 4.79 Å². The van der Waals surface area contributed by atoms with E-state index in [1.54, 1.807) is 18.4 Å². The SMILES string of the molecule is COC1CN(C(=O)Cc2csc(C)n2)C1. The Kier molecular flexibility index (Phi) is 3.02. The number of rotatable bonds is 3. The molecular formula is C10H14N2O2S. The average molecular weight is 226 g/mol. The predicted octanol–water partition coefficient (Wildman–Crippen LogP) is 0.851. The second-order valence-electron chi connectivity index (χ2n) is 3.69. The van der Waals surface area contributed by atoms with Crippen molar-refractivity contribution in [1.29, 1.82) is 0 Å². The second kappa shape index (κ2) is 4.28. The summed E-state index contributed by atoms with van der Waals surface area (Å²) < 4.78 is 5.11. The fourth-order valence-corrected chi connectivity index (χ4v) is 2.16. The summed E-state index contributed by atoms with van der Waals surface area (Å²) in [5.74, 6) is 0.147. The zero-order valence-corrected chi connectivity index (χ0v) is 9.71. The van der Waals surface area contributed by atoms with Crippen molar-refractivity contribution >= 4 is 17.2 Å². The van der Waals surface area contributed by atoms with Crippen LogP contribution in [0.2, 0.25) is 0 Å². The van der Waals surface area contributed by atoms with Crippen LogP contribution in [0.5, 0.6) is 0 Å². The van der Waals surface area contributed by atoms with E-state index in [1.165, 1.54) is 0 Å². The monoisotopic (exact) mass is 226 g/mol. The van der Waals surface area contributed by atoms with E-state index < -0.39 is 0 Å². The van der Waals surface area contributed by atoms with Gasteiger partial charge in [-0.1, -0.05) is 0 Å². The van der Waals surface area contributed by atoms with E-state index in [0.29, 0.717) is 6.42 Å². The highest BCUT2D eigenvalue weighted by molar-refractivity contribution is 7.09. The first kappa shape index (κ1) is 10.6. The van der Waals surface area contributed by atoms with Gasteiger partial charge in [-0.2, -0.15) is 0 Å². The molecule has 0 aromatic carbocycles. The van der Waals surface area contributed by atoms with Crippen LogP contribution in [0.15, 0.2) is 5.38 Å². The summed E-state index contributed by atoms with van der Waals surface area (Å²) in [6.45, 7) is 3.39. The molecule has 0 bridgehead atoms. The fourth-order valence-electron chi connectivity index (χ4n) is 1.55. The maximum atomic E-state index is 11.7. The molecule has 82 valence electrons. The number of nitrogens with zero attached hydrogens (tertiary/aromatic N) is 2. The molecule has 0 aliphatic carbocycles. The lowest BCUT2D eigenvalue weighted by molar-refractivity contribution is -0.142. The lowest BCUT2D eigenvalue weighted by atomic mass is 10.1. The van der Waals surface area contributed by atoms with Gasteiger partial charge in [0.15, 0.2) is 0 Å². The summed E-state index contributed by atoms with van der Waals surface area (Å²) in [4.78, 5) is 17.8. The molecule has 0 radical (unpaired) electrons. The largest absolute Gasteiger partial charge is 0.378 e. The van der Waals surface area contributed by atoms with Crippen LogP contribution in [0, 0.1) is 6.92 Å². The quantitative estimate of drug-likeness (QED) is 0.767. The van der Waals surface area contributed by atoms with E-state index in [4.69, 9.17) is 4.74 Å². The van der Waals surface area contributed by atoms with Gasteiger partial charge in [0, 0.05) is 25.6 Å². The first-order valence-corrected chi connectivity index (χ1v) is 5.78. The molecule has 4 nitrogen and oxygen atoms in total. The van der Waals surface area contributed by atoms with E-state index in [-0.39, 0.29) is 12.0 Å². The molecule has 0 atom stereocenters. The van der Waals surface area contributed by atoms with Crippen molar-refractivity contribution in [3.05, 3.63) is 16.1 Å². The van der Waals surface area contributed by atoms with Crippen molar-refractivity contribution in [2.24, 2.45) is 0 Å². The summed E-state index contributed by atoms with van der Waals surface area (Å²) in [6.07, 6.45) is 0.645. The van der Waals surface area contributed by atoms with Gasteiger partial charge in [-0.05, 0) is 6.92 Å². The van der Waals surface area contributed by atoms with Gasteiger partial charge in [-0.25, -0.2) is 4.98 Å². The minimum atomic E-state index is 0.147. The van der Waals surface area contributed by atoms with Crippen LogP contribution in [-0.4, -0.2) is 42.1 Å². The highest BCUT2D eigenvalue weighted by Crippen LogP contribution is 2.14. The molecule has 2 rings (SSSR count). The smallest absolute Gasteiger partial charge is 0.228 e. The topological polar surface area (TPSA) is 42.4 Å². The summed E-state index contributed by atoms with van der Waals surface area (Å²) in [5, 5.41) is 2.96. The molecular weight excluding hydrogens is 212 g/mol. The number of ether oxygens (including phenoxy) is 1. The van der Waals surface area contributed by atoms with Crippen molar-refractivity contribution < 1.29 is 9.53 Å². The van der Waals surface area contributed by atoms with Crippen LogP contribution in [0.1, 0.15) is 10.7 Å². The minimum absolute atomic E-state index is 0.147. The number of hydrogen-bond acceptors (Lipinski definition) is 4. The van der Waals surface area contributed by atoms with Crippen LogP contribution < -0.4 is 0 Å². The number of methoxy groups -OCH3 is 1. The Labute approximate surface area is 92.9 Å². The molecule has 0 spiro atoms. The third-order valence-electron chi connectivity index (χ3n) is 2.53. The Morgan fingerprint density at radius 1 is 1.73 bits per heavy atom. The second-order valence-corrected chi connectivity index (χ2v) is 4.75. The van der Waals surface area contributed by atoms with Crippen LogP contribution in [-0.2, 0) is 16.0 Å². The van der Waals surface area contributed by atoms with Gasteiger partial charge in [0.25, 0.3) is 0 Å². The van der Waals surface area contributed by atoms with Crippen molar-refractivity contribution in [2.75, 3.05) is 20.2 Å². The third-order valence-corrected chi connectivity index (χ3v) is 3.36. The van der Waals surface area contributed by atoms with Gasteiger partial charge in [-0.15, -0.1) is 11.3 Å². The number of amides is 1. The normalized spacial score (nSPS) is 16.5. The zero-order valence-electron chi connectivity index (χ0n) is 8.90. The highest BCUT2D eigenvalue weighted by Gasteiger charge is 2.30.